The minimum Gasteiger partial charge on any atom is -0.486 e. The van der Waals surface area contributed by atoms with Crippen LogP contribution in [-0.2, 0) is 6.42 Å². The van der Waals surface area contributed by atoms with Crippen LogP contribution in [0.4, 0.5) is 0 Å². The zero-order valence-corrected chi connectivity index (χ0v) is 13.0. The predicted octanol–water partition coefficient (Wildman–Crippen LogP) is 4.59. The zero-order valence-electron chi connectivity index (χ0n) is 10.6. The molecule has 2 unspecified atom stereocenters. The Morgan fingerprint density at radius 2 is 2.05 bits per heavy atom. The number of aryl methyl sites for hydroxylation is 1. The number of hydrogen-bond acceptors (Lipinski definition) is 3. The molecule has 2 nitrogen and oxygen atoms in total. The minimum absolute atomic E-state index is 0.0123. The van der Waals surface area contributed by atoms with Crippen molar-refractivity contribution in [2.45, 2.75) is 24.3 Å². The van der Waals surface area contributed by atoms with Crippen LogP contribution in [0.15, 0.2) is 36.4 Å². The molecule has 0 radical (unpaired) electrons. The van der Waals surface area contributed by atoms with Gasteiger partial charge in [0, 0.05) is 9.75 Å². The number of rotatable bonds is 3. The van der Waals surface area contributed by atoms with Crippen molar-refractivity contribution in [1.82, 2.24) is 0 Å². The maximum atomic E-state index is 6.03. The van der Waals surface area contributed by atoms with Gasteiger partial charge < -0.3 is 9.47 Å². The van der Waals surface area contributed by atoms with Gasteiger partial charge in [-0.15, -0.1) is 11.3 Å². The summed E-state index contributed by atoms with van der Waals surface area (Å²) >= 11 is 5.58. The molecule has 1 aromatic heterocycles. The lowest BCUT2D eigenvalue weighted by molar-refractivity contribution is 0.0910. The van der Waals surface area contributed by atoms with Gasteiger partial charge in [-0.3, -0.25) is 0 Å². The van der Waals surface area contributed by atoms with Crippen molar-refractivity contribution in [2.24, 2.45) is 0 Å². The zero-order chi connectivity index (χ0) is 13.2. The van der Waals surface area contributed by atoms with Gasteiger partial charge in [0.25, 0.3) is 0 Å². The standard InChI is InChI=1S/C15H15BrO2S/c1-2-10-7-8-14(19-10)15(16)13-9-17-11-5-3-4-6-12(11)18-13/h3-8,13,15H,2,9H2,1H3. The molecule has 0 bridgehead atoms. The summed E-state index contributed by atoms with van der Waals surface area (Å²) in [7, 11) is 0. The van der Waals surface area contributed by atoms with Crippen molar-refractivity contribution in [3.8, 4) is 11.5 Å². The van der Waals surface area contributed by atoms with Crippen LogP contribution >= 0.6 is 27.3 Å². The van der Waals surface area contributed by atoms with E-state index in [1.807, 2.05) is 35.6 Å². The average Bonchev–Trinajstić information content (AvgIpc) is 2.95. The van der Waals surface area contributed by atoms with Gasteiger partial charge in [-0.25, -0.2) is 0 Å². The van der Waals surface area contributed by atoms with Crippen LogP contribution in [0.1, 0.15) is 21.5 Å². The Kier molecular flexibility index (Phi) is 3.80. The third kappa shape index (κ3) is 2.65. The number of benzene rings is 1. The first-order valence-electron chi connectivity index (χ1n) is 6.39. The molecular formula is C15H15BrO2S. The molecule has 2 atom stereocenters. The van der Waals surface area contributed by atoms with Gasteiger partial charge in [-0.2, -0.15) is 0 Å². The molecule has 2 aromatic rings. The molecule has 2 heterocycles. The Morgan fingerprint density at radius 1 is 1.26 bits per heavy atom. The van der Waals surface area contributed by atoms with E-state index >= 15 is 0 Å². The van der Waals surface area contributed by atoms with Gasteiger partial charge >= 0.3 is 0 Å². The third-order valence-corrected chi connectivity index (χ3v) is 5.86. The molecule has 1 aliphatic rings. The highest BCUT2D eigenvalue weighted by molar-refractivity contribution is 9.09. The van der Waals surface area contributed by atoms with E-state index in [0.717, 1.165) is 17.9 Å². The summed E-state index contributed by atoms with van der Waals surface area (Å²) in [6.45, 7) is 2.75. The van der Waals surface area contributed by atoms with Gasteiger partial charge in [-0.05, 0) is 30.7 Å². The predicted molar refractivity (Wildman–Crippen MR) is 81.7 cm³/mol. The van der Waals surface area contributed by atoms with Crippen LogP contribution in [0.25, 0.3) is 0 Å². The summed E-state index contributed by atoms with van der Waals surface area (Å²) < 4.78 is 11.8. The molecule has 0 aliphatic carbocycles. The maximum absolute atomic E-state index is 6.03. The van der Waals surface area contributed by atoms with Gasteiger partial charge in [-0.1, -0.05) is 35.0 Å². The molecule has 0 saturated heterocycles. The summed E-state index contributed by atoms with van der Waals surface area (Å²) in [4.78, 5) is 2.87. The molecule has 0 saturated carbocycles. The van der Waals surface area contributed by atoms with E-state index in [1.54, 1.807) is 0 Å². The highest BCUT2D eigenvalue weighted by Crippen LogP contribution is 2.39. The number of alkyl halides is 1. The van der Waals surface area contributed by atoms with Crippen molar-refractivity contribution >= 4 is 27.3 Å². The second kappa shape index (κ2) is 5.55. The van der Waals surface area contributed by atoms with Crippen molar-refractivity contribution in [2.75, 3.05) is 6.61 Å². The van der Waals surface area contributed by atoms with E-state index in [1.165, 1.54) is 9.75 Å². The number of hydrogen-bond donors (Lipinski definition) is 0. The molecule has 1 aromatic carbocycles. The molecular weight excluding hydrogens is 324 g/mol. The van der Waals surface area contributed by atoms with E-state index in [4.69, 9.17) is 9.47 Å². The van der Waals surface area contributed by atoms with E-state index < -0.39 is 0 Å². The van der Waals surface area contributed by atoms with E-state index in [-0.39, 0.29) is 10.9 Å². The van der Waals surface area contributed by atoms with Gasteiger partial charge in [0.2, 0.25) is 0 Å². The lowest BCUT2D eigenvalue weighted by Crippen LogP contribution is -2.32. The van der Waals surface area contributed by atoms with Gasteiger partial charge in [0.1, 0.15) is 6.61 Å². The topological polar surface area (TPSA) is 18.5 Å². The molecule has 0 N–H and O–H groups in total. The molecule has 4 heteroatoms. The molecule has 0 fully saturated rings. The quantitative estimate of drug-likeness (QED) is 0.762. The Bertz CT molecular complexity index is 567. The fraction of sp³-hybridized carbons (Fsp3) is 0.333. The molecule has 100 valence electrons. The third-order valence-electron chi connectivity index (χ3n) is 3.16. The Morgan fingerprint density at radius 3 is 2.79 bits per heavy atom. The summed E-state index contributed by atoms with van der Waals surface area (Å²) in [5.41, 5.74) is 0. The van der Waals surface area contributed by atoms with Crippen LogP contribution in [0.3, 0.4) is 0 Å². The monoisotopic (exact) mass is 338 g/mol. The first-order valence-corrected chi connectivity index (χ1v) is 8.12. The van der Waals surface area contributed by atoms with Gasteiger partial charge in [0.05, 0.1) is 4.83 Å². The highest BCUT2D eigenvalue weighted by Gasteiger charge is 2.29. The smallest absolute Gasteiger partial charge is 0.161 e. The average molecular weight is 339 g/mol. The Balaban J connectivity index is 1.77. The second-order valence-electron chi connectivity index (χ2n) is 4.47. The van der Waals surface area contributed by atoms with E-state index in [0.29, 0.717) is 6.61 Å². The normalized spacial score (nSPS) is 19.2. The largest absolute Gasteiger partial charge is 0.486 e. The SMILES string of the molecule is CCc1ccc(C(Br)C2COc3ccccc3O2)s1. The molecule has 0 spiro atoms. The van der Waals surface area contributed by atoms with Crippen LogP contribution in [0, 0.1) is 0 Å². The van der Waals surface area contributed by atoms with Crippen LogP contribution in [0.5, 0.6) is 11.5 Å². The minimum atomic E-state index is 0.0123. The van der Waals surface area contributed by atoms with Gasteiger partial charge in [0.15, 0.2) is 17.6 Å². The molecule has 0 amide bonds. The van der Waals surface area contributed by atoms with Crippen molar-refractivity contribution in [1.29, 1.82) is 0 Å². The number of ether oxygens (including phenoxy) is 2. The molecule has 1 aliphatic heterocycles. The van der Waals surface area contributed by atoms with Crippen LogP contribution < -0.4 is 9.47 Å². The number of thiophene rings is 1. The van der Waals surface area contributed by atoms with Crippen molar-refractivity contribution < 1.29 is 9.47 Å². The van der Waals surface area contributed by atoms with Crippen LogP contribution in [0.2, 0.25) is 0 Å². The Hall–Kier alpha value is -1.00. The first kappa shape index (κ1) is 13.0. The highest BCUT2D eigenvalue weighted by atomic mass is 79.9. The van der Waals surface area contributed by atoms with Crippen molar-refractivity contribution in [3.05, 3.63) is 46.2 Å². The van der Waals surface area contributed by atoms with Crippen molar-refractivity contribution in [3.63, 3.8) is 0 Å². The maximum Gasteiger partial charge on any atom is 0.161 e. The lowest BCUT2D eigenvalue weighted by Gasteiger charge is -2.29. The fourth-order valence-electron chi connectivity index (χ4n) is 2.10. The second-order valence-corrected chi connectivity index (χ2v) is 6.66. The molecule has 19 heavy (non-hydrogen) atoms. The fourth-order valence-corrected chi connectivity index (χ4v) is 3.77. The summed E-state index contributed by atoms with van der Waals surface area (Å²) in [6.07, 6.45) is 1.09. The molecule has 3 rings (SSSR count). The van der Waals surface area contributed by atoms with Crippen LogP contribution in [-0.4, -0.2) is 12.7 Å². The van der Waals surface area contributed by atoms with E-state index in [2.05, 4.69) is 35.0 Å². The number of halogens is 1. The first-order chi connectivity index (χ1) is 9.28. The summed E-state index contributed by atoms with van der Waals surface area (Å²) in [5.74, 6) is 1.66. The summed E-state index contributed by atoms with van der Waals surface area (Å²) in [6, 6.07) is 12.2. The number of para-hydroxylation sites is 2. The number of fused-ring (bicyclic) bond motifs is 1. The lowest BCUT2D eigenvalue weighted by atomic mass is 10.2. The Labute approximate surface area is 125 Å². The summed E-state index contributed by atoms with van der Waals surface area (Å²) in [5, 5.41) is 0. The van der Waals surface area contributed by atoms with E-state index in [9.17, 15) is 0 Å².